The van der Waals surface area contributed by atoms with Gasteiger partial charge in [-0.3, -0.25) is 0 Å². The number of benzene rings is 2. The zero-order chi connectivity index (χ0) is 13.2. The molecule has 0 atom stereocenters. The second kappa shape index (κ2) is 5.27. The largest absolute Gasteiger partial charge is 0.380 e. The number of rotatable bonds is 3. The summed E-state index contributed by atoms with van der Waals surface area (Å²) in [7, 11) is 0. The maximum absolute atomic E-state index is 6.17. The summed E-state index contributed by atoms with van der Waals surface area (Å²) in [5, 5.41) is 5.32. The first-order valence-corrected chi connectivity index (χ1v) is 7.15. The second-order valence-corrected chi connectivity index (χ2v) is 5.66. The Hall–Kier alpha value is -1.45. The van der Waals surface area contributed by atoms with Gasteiger partial charge in [0.15, 0.2) is 0 Å². The summed E-state index contributed by atoms with van der Waals surface area (Å²) < 4.78 is 1.01. The fourth-order valence-electron chi connectivity index (χ4n) is 2.12. The molecule has 1 aromatic heterocycles. The summed E-state index contributed by atoms with van der Waals surface area (Å²) in [5.74, 6) is 0. The quantitative estimate of drug-likeness (QED) is 0.677. The Morgan fingerprint density at radius 2 is 2.05 bits per heavy atom. The molecule has 0 unspecified atom stereocenters. The first-order chi connectivity index (χ1) is 9.24. The lowest BCUT2D eigenvalue weighted by Gasteiger charge is -2.10. The summed E-state index contributed by atoms with van der Waals surface area (Å²) >= 11 is 9.62. The summed E-state index contributed by atoms with van der Waals surface area (Å²) in [6, 6.07) is 14.1. The predicted octanol–water partition coefficient (Wildman–Crippen LogP) is 5.20. The molecule has 0 bridgehead atoms. The van der Waals surface area contributed by atoms with Gasteiger partial charge >= 0.3 is 0 Å². The van der Waals surface area contributed by atoms with E-state index >= 15 is 0 Å². The maximum atomic E-state index is 6.17. The summed E-state index contributed by atoms with van der Waals surface area (Å²) in [5.41, 5.74) is 3.32. The third kappa shape index (κ3) is 2.62. The van der Waals surface area contributed by atoms with E-state index in [1.54, 1.807) is 0 Å². The number of aromatic amines is 1. The van der Waals surface area contributed by atoms with Gasteiger partial charge in [-0.2, -0.15) is 0 Å². The molecule has 3 rings (SSSR count). The minimum Gasteiger partial charge on any atom is -0.380 e. The molecule has 0 radical (unpaired) electrons. The number of para-hydroxylation sites is 1. The number of H-pyrrole nitrogens is 1. The lowest BCUT2D eigenvalue weighted by Crippen LogP contribution is -2.00. The van der Waals surface area contributed by atoms with Crippen molar-refractivity contribution < 1.29 is 0 Å². The van der Waals surface area contributed by atoms with Crippen LogP contribution in [0.4, 0.5) is 5.69 Å². The average Bonchev–Trinajstić information content (AvgIpc) is 2.88. The number of aromatic nitrogens is 1. The molecule has 2 nitrogen and oxygen atoms in total. The summed E-state index contributed by atoms with van der Waals surface area (Å²) in [6.45, 7) is 0.730. The highest BCUT2D eigenvalue weighted by Crippen LogP contribution is 2.27. The number of nitrogens with one attached hydrogen (secondary N) is 2. The van der Waals surface area contributed by atoms with E-state index in [-0.39, 0.29) is 0 Å². The van der Waals surface area contributed by atoms with E-state index in [2.05, 4.69) is 50.5 Å². The van der Waals surface area contributed by atoms with Crippen LogP contribution in [0.1, 0.15) is 5.56 Å². The highest BCUT2D eigenvalue weighted by Gasteiger charge is 2.04. The molecule has 0 fully saturated rings. The van der Waals surface area contributed by atoms with Crippen molar-refractivity contribution in [3.8, 4) is 0 Å². The van der Waals surface area contributed by atoms with Crippen LogP contribution in [0.15, 0.2) is 53.1 Å². The molecule has 4 heteroatoms. The van der Waals surface area contributed by atoms with Crippen LogP contribution in [0, 0.1) is 0 Å². The number of hydrogen-bond donors (Lipinski definition) is 2. The Morgan fingerprint density at radius 3 is 2.95 bits per heavy atom. The molecule has 0 spiro atoms. The van der Waals surface area contributed by atoms with Crippen molar-refractivity contribution in [3.63, 3.8) is 0 Å². The van der Waals surface area contributed by atoms with Crippen LogP contribution in [0.25, 0.3) is 10.9 Å². The number of halogens is 2. The topological polar surface area (TPSA) is 27.8 Å². The van der Waals surface area contributed by atoms with Gasteiger partial charge in [0.25, 0.3) is 0 Å². The third-order valence-corrected chi connectivity index (χ3v) is 3.89. The normalized spacial score (nSPS) is 10.8. The van der Waals surface area contributed by atoms with Crippen LogP contribution < -0.4 is 5.32 Å². The molecule has 3 aromatic rings. The van der Waals surface area contributed by atoms with Crippen LogP contribution in [-0.4, -0.2) is 4.98 Å². The Bertz CT molecular complexity index is 721. The van der Waals surface area contributed by atoms with Crippen molar-refractivity contribution in [2.24, 2.45) is 0 Å². The zero-order valence-corrected chi connectivity index (χ0v) is 12.4. The molecule has 0 amide bonds. The second-order valence-electron chi connectivity index (χ2n) is 4.34. The van der Waals surface area contributed by atoms with E-state index in [9.17, 15) is 0 Å². The van der Waals surface area contributed by atoms with E-state index in [1.165, 1.54) is 16.5 Å². The molecule has 96 valence electrons. The van der Waals surface area contributed by atoms with Gasteiger partial charge in [0.05, 0.1) is 16.2 Å². The molecule has 2 aromatic carbocycles. The van der Waals surface area contributed by atoms with E-state index in [0.717, 1.165) is 21.7 Å². The van der Waals surface area contributed by atoms with E-state index in [0.29, 0.717) is 0 Å². The van der Waals surface area contributed by atoms with Crippen LogP contribution in [0.2, 0.25) is 5.02 Å². The molecular weight excluding hydrogens is 324 g/mol. The Morgan fingerprint density at radius 1 is 1.16 bits per heavy atom. The Balaban J connectivity index is 1.86. The van der Waals surface area contributed by atoms with Crippen LogP contribution in [0.5, 0.6) is 0 Å². The van der Waals surface area contributed by atoms with Gasteiger partial charge in [0.2, 0.25) is 0 Å². The SMILES string of the molecule is Clc1ccc(Br)cc1NCc1cccc2cc[nH]c12. The van der Waals surface area contributed by atoms with Gasteiger partial charge in [-0.25, -0.2) is 0 Å². The predicted molar refractivity (Wildman–Crippen MR) is 84.8 cm³/mol. The first-order valence-electron chi connectivity index (χ1n) is 5.98. The lowest BCUT2D eigenvalue weighted by atomic mass is 10.1. The van der Waals surface area contributed by atoms with Gasteiger partial charge in [-0.05, 0) is 35.2 Å². The van der Waals surface area contributed by atoms with Gasteiger partial charge in [-0.1, -0.05) is 45.7 Å². The monoisotopic (exact) mass is 334 g/mol. The molecule has 1 heterocycles. The summed E-state index contributed by atoms with van der Waals surface area (Å²) in [4.78, 5) is 3.27. The van der Waals surface area contributed by atoms with Gasteiger partial charge in [-0.15, -0.1) is 0 Å². The molecule has 19 heavy (non-hydrogen) atoms. The molecule has 2 N–H and O–H groups in total. The molecule has 0 aliphatic carbocycles. The lowest BCUT2D eigenvalue weighted by molar-refractivity contribution is 1.16. The van der Waals surface area contributed by atoms with Gasteiger partial charge < -0.3 is 10.3 Å². The highest BCUT2D eigenvalue weighted by molar-refractivity contribution is 9.10. The Kier molecular flexibility index (Phi) is 3.49. The average molecular weight is 336 g/mol. The molecule has 0 aliphatic rings. The van der Waals surface area contributed by atoms with E-state index < -0.39 is 0 Å². The standard InChI is InChI=1S/C15H12BrClN2/c16-12-4-5-13(17)14(8-12)19-9-11-3-1-2-10-6-7-18-15(10)11/h1-8,18-19H,9H2. The van der Waals surface area contributed by atoms with Crippen molar-refractivity contribution in [2.45, 2.75) is 6.54 Å². The summed E-state index contributed by atoms with van der Waals surface area (Å²) in [6.07, 6.45) is 1.96. The molecule has 0 aliphatic heterocycles. The van der Waals surface area contributed by atoms with Gasteiger partial charge in [0.1, 0.15) is 0 Å². The van der Waals surface area contributed by atoms with Crippen molar-refractivity contribution in [3.05, 3.63) is 63.7 Å². The zero-order valence-electron chi connectivity index (χ0n) is 10.1. The highest BCUT2D eigenvalue weighted by atomic mass is 79.9. The van der Waals surface area contributed by atoms with Crippen LogP contribution >= 0.6 is 27.5 Å². The number of fused-ring (bicyclic) bond motifs is 1. The van der Waals surface area contributed by atoms with Crippen LogP contribution in [0.3, 0.4) is 0 Å². The maximum Gasteiger partial charge on any atom is 0.0638 e. The minimum absolute atomic E-state index is 0.724. The van der Waals surface area contributed by atoms with Crippen molar-refractivity contribution in [1.82, 2.24) is 4.98 Å². The van der Waals surface area contributed by atoms with Crippen LogP contribution in [-0.2, 0) is 6.54 Å². The fraction of sp³-hybridized carbons (Fsp3) is 0.0667. The fourth-order valence-corrected chi connectivity index (χ4v) is 2.67. The number of hydrogen-bond acceptors (Lipinski definition) is 1. The van der Waals surface area contributed by atoms with E-state index in [1.807, 2.05) is 24.4 Å². The minimum atomic E-state index is 0.724. The number of anilines is 1. The molecule has 0 saturated heterocycles. The third-order valence-electron chi connectivity index (χ3n) is 3.07. The molecular formula is C15H12BrClN2. The first kappa shape index (κ1) is 12.6. The Labute approximate surface area is 124 Å². The molecule has 0 saturated carbocycles. The van der Waals surface area contributed by atoms with E-state index in [4.69, 9.17) is 11.6 Å². The van der Waals surface area contributed by atoms with Crippen molar-refractivity contribution in [1.29, 1.82) is 0 Å². The smallest absolute Gasteiger partial charge is 0.0638 e. The van der Waals surface area contributed by atoms with Gasteiger partial charge in [0, 0.05) is 17.2 Å². The van der Waals surface area contributed by atoms with Crippen molar-refractivity contribution >= 4 is 44.1 Å². The van der Waals surface area contributed by atoms with Crippen molar-refractivity contribution in [2.75, 3.05) is 5.32 Å².